The lowest BCUT2D eigenvalue weighted by Gasteiger charge is -2.15. The Morgan fingerprint density at radius 1 is 1.06 bits per heavy atom. The first-order chi connectivity index (χ1) is 15.8. The Kier molecular flexibility index (Phi) is 6.16. The number of ether oxygens (including phenoxy) is 1. The third-order valence-electron chi connectivity index (χ3n) is 4.64. The maximum atomic E-state index is 13.0. The lowest BCUT2D eigenvalue weighted by molar-refractivity contribution is -0.148. The standard InChI is InChI=1S/C23H16F4N4O2/c24-22(25)23(26,27)13-33-20-8-7-15(12-29-20)30-21(32)17-10-19(14-4-3-9-28-11-14)31-18-6-2-1-5-16(17)18/h1-12,22H,13H2,(H,30,32). The van der Waals surface area contributed by atoms with E-state index in [2.05, 4.69) is 25.0 Å². The zero-order chi connectivity index (χ0) is 23.4. The molecule has 0 fully saturated rings. The van der Waals surface area contributed by atoms with E-state index in [0.717, 1.165) is 5.56 Å². The third-order valence-corrected chi connectivity index (χ3v) is 4.64. The van der Waals surface area contributed by atoms with Crippen LogP contribution in [0.1, 0.15) is 10.4 Å². The van der Waals surface area contributed by atoms with Gasteiger partial charge in [0.05, 0.1) is 28.7 Å². The van der Waals surface area contributed by atoms with Gasteiger partial charge >= 0.3 is 12.3 Å². The highest BCUT2D eigenvalue weighted by atomic mass is 19.3. The van der Waals surface area contributed by atoms with Gasteiger partial charge in [0, 0.05) is 29.4 Å². The van der Waals surface area contributed by atoms with Crippen LogP contribution in [0.4, 0.5) is 23.2 Å². The summed E-state index contributed by atoms with van der Waals surface area (Å²) < 4.78 is 55.1. The van der Waals surface area contributed by atoms with Crippen molar-refractivity contribution in [2.24, 2.45) is 0 Å². The number of fused-ring (bicyclic) bond motifs is 1. The second kappa shape index (κ2) is 9.19. The molecule has 0 saturated heterocycles. The van der Waals surface area contributed by atoms with E-state index in [4.69, 9.17) is 0 Å². The van der Waals surface area contributed by atoms with E-state index in [1.54, 1.807) is 42.7 Å². The van der Waals surface area contributed by atoms with Crippen molar-refractivity contribution in [2.45, 2.75) is 12.3 Å². The van der Waals surface area contributed by atoms with Gasteiger partial charge in [-0.2, -0.15) is 8.78 Å². The summed E-state index contributed by atoms with van der Waals surface area (Å²) >= 11 is 0. The predicted octanol–water partition coefficient (Wildman–Crippen LogP) is 5.22. The Bertz CT molecular complexity index is 1270. The number of halogens is 4. The molecule has 4 rings (SSSR count). The molecule has 0 aliphatic heterocycles. The zero-order valence-corrected chi connectivity index (χ0v) is 16.9. The Morgan fingerprint density at radius 3 is 2.58 bits per heavy atom. The molecule has 1 amide bonds. The number of benzene rings is 1. The monoisotopic (exact) mass is 456 g/mol. The van der Waals surface area contributed by atoms with Gasteiger partial charge in [-0.15, -0.1) is 0 Å². The molecule has 0 unspecified atom stereocenters. The number of aromatic nitrogens is 3. The Morgan fingerprint density at radius 2 is 1.88 bits per heavy atom. The van der Waals surface area contributed by atoms with E-state index in [0.29, 0.717) is 22.2 Å². The van der Waals surface area contributed by atoms with E-state index in [-0.39, 0.29) is 11.6 Å². The van der Waals surface area contributed by atoms with Crippen molar-refractivity contribution < 1.29 is 27.1 Å². The summed E-state index contributed by atoms with van der Waals surface area (Å²) in [6.07, 6.45) is 0.605. The van der Waals surface area contributed by atoms with Gasteiger partial charge in [0.25, 0.3) is 5.91 Å². The van der Waals surface area contributed by atoms with E-state index >= 15 is 0 Å². The summed E-state index contributed by atoms with van der Waals surface area (Å²) in [4.78, 5) is 25.5. The van der Waals surface area contributed by atoms with Crippen LogP contribution in [0.2, 0.25) is 0 Å². The molecule has 0 radical (unpaired) electrons. The maximum Gasteiger partial charge on any atom is 0.340 e. The lowest BCUT2D eigenvalue weighted by Crippen LogP contribution is -2.33. The highest BCUT2D eigenvalue weighted by Gasteiger charge is 2.41. The van der Waals surface area contributed by atoms with Gasteiger partial charge in [-0.3, -0.25) is 9.78 Å². The molecule has 1 N–H and O–H groups in total. The number of alkyl halides is 4. The fourth-order valence-electron chi connectivity index (χ4n) is 3.00. The Hall–Kier alpha value is -4.08. The molecule has 0 bridgehead atoms. The SMILES string of the molecule is O=C(Nc1ccc(OCC(F)(F)C(F)F)nc1)c1cc(-c2cccnc2)nc2ccccc12. The van der Waals surface area contributed by atoms with Gasteiger partial charge in [-0.25, -0.2) is 18.7 Å². The minimum absolute atomic E-state index is 0.261. The van der Waals surface area contributed by atoms with Crippen LogP contribution >= 0.6 is 0 Å². The van der Waals surface area contributed by atoms with E-state index < -0.39 is 24.9 Å². The van der Waals surface area contributed by atoms with Crippen LogP contribution in [0, 0.1) is 0 Å². The number of hydrogen-bond donors (Lipinski definition) is 1. The number of pyridine rings is 3. The average molecular weight is 456 g/mol. The van der Waals surface area contributed by atoms with E-state index in [9.17, 15) is 22.4 Å². The molecular weight excluding hydrogens is 440 g/mol. The first-order valence-corrected chi connectivity index (χ1v) is 9.70. The van der Waals surface area contributed by atoms with Crippen LogP contribution in [0.5, 0.6) is 5.88 Å². The molecule has 33 heavy (non-hydrogen) atoms. The minimum Gasteiger partial charge on any atom is -0.471 e. The fraction of sp³-hybridized carbons (Fsp3) is 0.130. The smallest absolute Gasteiger partial charge is 0.340 e. The highest BCUT2D eigenvalue weighted by molar-refractivity contribution is 6.13. The highest BCUT2D eigenvalue weighted by Crippen LogP contribution is 2.26. The largest absolute Gasteiger partial charge is 0.471 e. The normalized spacial score (nSPS) is 11.5. The molecule has 0 aliphatic rings. The summed E-state index contributed by atoms with van der Waals surface area (Å²) in [5.41, 5.74) is 2.54. The number of rotatable bonds is 7. The molecule has 10 heteroatoms. The van der Waals surface area contributed by atoms with Crippen LogP contribution in [-0.4, -0.2) is 39.8 Å². The van der Waals surface area contributed by atoms with Crippen LogP contribution in [0.25, 0.3) is 22.2 Å². The topological polar surface area (TPSA) is 77.0 Å². The predicted molar refractivity (Wildman–Crippen MR) is 114 cm³/mol. The second-order valence-corrected chi connectivity index (χ2v) is 7.00. The molecule has 0 spiro atoms. The number of nitrogens with one attached hydrogen (secondary N) is 1. The number of nitrogens with zero attached hydrogens (tertiary/aromatic N) is 3. The first-order valence-electron chi connectivity index (χ1n) is 9.70. The van der Waals surface area contributed by atoms with Gasteiger partial charge in [0.15, 0.2) is 6.61 Å². The summed E-state index contributed by atoms with van der Waals surface area (Å²) in [6, 6.07) is 14.9. The van der Waals surface area contributed by atoms with Crippen molar-refractivity contribution in [2.75, 3.05) is 11.9 Å². The van der Waals surface area contributed by atoms with Crippen molar-refractivity contribution in [3.8, 4) is 17.1 Å². The average Bonchev–Trinajstić information content (AvgIpc) is 2.83. The summed E-state index contributed by atoms with van der Waals surface area (Å²) in [5.74, 6) is -5.01. The quantitative estimate of drug-likeness (QED) is 0.386. The number of anilines is 1. The molecule has 0 atom stereocenters. The van der Waals surface area contributed by atoms with Crippen molar-refractivity contribution in [1.29, 1.82) is 0 Å². The fourth-order valence-corrected chi connectivity index (χ4v) is 3.00. The van der Waals surface area contributed by atoms with Crippen molar-refractivity contribution in [1.82, 2.24) is 15.0 Å². The van der Waals surface area contributed by atoms with Crippen LogP contribution < -0.4 is 10.1 Å². The van der Waals surface area contributed by atoms with Crippen LogP contribution in [0.15, 0.2) is 73.2 Å². The molecule has 0 saturated carbocycles. The van der Waals surface area contributed by atoms with Gasteiger partial charge in [0.1, 0.15) is 0 Å². The number of hydrogen-bond acceptors (Lipinski definition) is 5. The molecular formula is C23H16F4N4O2. The lowest BCUT2D eigenvalue weighted by atomic mass is 10.0. The second-order valence-electron chi connectivity index (χ2n) is 7.00. The van der Waals surface area contributed by atoms with Gasteiger partial charge in [0.2, 0.25) is 5.88 Å². The minimum atomic E-state index is -4.29. The van der Waals surface area contributed by atoms with Gasteiger partial charge in [-0.05, 0) is 30.3 Å². The number of amides is 1. The summed E-state index contributed by atoms with van der Waals surface area (Å²) in [6.45, 7) is -1.51. The maximum absolute atomic E-state index is 13.0. The molecule has 1 aromatic carbocycles. The molecule has 3 aromatic heterocycles. The zero-order valence-electron chi connectivity index (χ0n) is 16.9. The number of para-hydroxylation sites is 1. The molecule has 0 aliphatic carbocycles. The van der Waals surface area contributed by atoms with Crippen LogP contribution in [-0.2, 0) is 0 Å². The van der Waals surface area contributed by atoms with Gasteiger partial charge in [-0.1, -0.05) is 18.2 Å². The number of carbonyl (C=O) groups is 1. The van der Waals surface area contributed by atoms with Crippen molar-refractivity contribution in [3.05, 3.63) is 78.8 Å². The van der Waals surface area contributed by atoms with E-state index in [1.807, 2.05) is 12.1 Å². The Labute approximate surface area is 185 Å². The van der Waals surface area contributed by atoms with Crippen molar-refractivity contribution in [3.63, 3.8) is 0 Å². The summed E-state index contributed by atoms with van der Waals surface area (Å²) in [7, 11) is 0. The Balaban J connectivity index is 1.55. The molecule has 6 nitrogen and oxygen atoms in total. The van der Waals surface area contributed by atoms with Crippen LogP contribution in [0.3, 0.4) is 0 Å². The third kappa shape index (κ3) is 5.05. The number of carbonyl (C=O) groups excluding carboxylic acids is 1. The van der Waals surface area contributed by atoms with Gasteiger partial charge < -0.3 is 10.1 Å². The molecule has 4 aromatic rings. The molecule has 3 heterocycles. The summed E-state index contributed by atoms with van der Waals surface area (Å²) in [5, 5.41) is 3.31. The van der Waals surface area contributed by atoms with E-state index in [1.165, 1.54) is 18.3 Å². The molecule has 168 valence electrons. The first kappa shape index (κ1) is 22.1. The van der Waals surface area contributed by atoms with Crippen molar-refractivity contribution >= 4 is 22.5 Å².